The SMILES string of the molecule is COc1ccc(C(=O)COC(=O)CN2C(=O)[C@@H]3[C@@H]4C=C[C@H]([C@H]5C[C@@H]45)[C@@H]3C2=O)cc1. The molecule has 29 heavy (non-hydrogen) atoms. The van der Waals surface area contributed by atoms with E-state index in [-0.39, 0.29) is 41.3 Å². The summed E-state index contributed by atoms with van der Waals surface area (Å²) in [5.74, 6) is -0.473. The van der Waals surface area contributed by atoms with Crippen molar-refractivity contribution in [3.05, 3.63) is 42.0 Å². The second-order valence-corrected chi connectivity index (χ2v) is 8.23. The van der Waals surface area contributed by atoms with E-state index in [4.69, 9.17) is 9.47 Å². The van der Waals surface area contributed by atoms with Gasteiger partial charge in [-0.3, -0.25) is 24.1 Å². The lowest BCUT2D eigenvalue weighted by Gasteiger charge is -2.37. The highest BCUT2D eigenvalue weighted by atomic mass is 16.5. The van der Waals surface area contributed by atoms with E-state index in [0.717, 1.165) is 11.3 Å². The standard InChI is InChI=1S/C22H21NO6/c1-28-12-4-2-11(3-5-12)17(24)10-29-18(25)9-23-21(26)19-13-6-7-14(16-8-15(13)16)20(19)22(23)27/h2-7,13-16,19-20H,8-10H2,1H3/t13-,14-,15-,16+,19+,20-/m1/s1. The number of carbonyl (C=O) groups is 4. The van der Waals surface area contributed by atoms with Gasteiger partial charge >= 0.3 is 5.97 Å². The molecule has 1 aromatic rings. The van der Waals surface area contributed by atoms with E-state index < -0.39 is 19.1 Å². The summed E-state index contributed by atoms with van der Waals surface area (Å²) in [5, 5.41) is 0. The second-order valence-electron chi connectivity index (χ2n) is 8.23. The van der Waals surface area contributed by atoms with Gasteiger partial charge in [0.05, 0.1) is 18.9 Å². The molecule has 3 fully saturated rings. The fraction of sp³-hybridized carbons (Fsp3) is 0.455. The number of allylic oxidation sites excluding steroid dienone is 2. The predicted octanol–water partition coefficient (Wildman–Crippen LogP) is 1.47. The summed E-state index contributed by atoms with van der Waals surface area (Å²) < 4.78 is 10.1. The fourth-order valence-corrected chi connectivity index (χ4v) is 5.36. The van der Waals surface area contributed by atoms with Gasteiger partial charge in [-0.25, -0.2) is 0 Å². The molecule has 6 rings (SSSR count). The van der Waals surface area contributed by atoms with Crippen LogP contribution in [0.4, 0.5) is 0 Å². The van der Waals surface area contributed by atoms with Crippen molar-refractivity contribution in [2.24, 2.45) is 35.5 Å². The number of carbonyl (C=O) groups excluding carboxylic acids is 4. The van der Waals surface area contributed by atoms with Crippen LogP contribution < -0.4 is 4.74 Å². The van der Waals surface area contributed by atoms with Crippen molar-refractivity contribution >= 4 is 23.6 Å². The van der Waals surface area contributed by atoms with Crippen molar-refractivity contribution in [3.8, 4) is 5.75 Å². The van der Waals surface area contributed by atoms with Gasteiger partial charge in [-0.2, -0.15) is 0 Å². The number of rotatable bonds is 6. The number of benzene rings is 1. The topological polar surface area (TPSA) is 90.0 Å². The molecule has 1 aliphatic heterocycles. The number of amides is 2. The van der Waals surface area contributed by atoms with Crippen LogP contribution in [-0.2, 0) is 19.1 Å². The number of methoxy groups -OCH3 is 1. The first kappa shape index (κ1) is 18.1. The number of imide groups is 1. The maximum atomic E-state index is 12.8. The van der Waals surface area contributed by atoms with Gasteiger partial charge in [0.25, 0.3) is 0 Å². The molecule has 7 heteroatoms. The van der Waals surface area contributed by atoms with Crippen LogP contribution in [0.1, 0.15) is 16.8 Å². The summed E-state index contributed by atoms with van der Waals surface area (Å²) in [6.45, 7) is -0.874. The molecule has 0 radical (unpaired) electrons. The zero-order valence-electron chi connectivity index (χ0n) is 15.9. The normalized spacial score (nSPS) is 33.3. The number of Topliss-reactive ketones (excluding diaryl/α,β-unsaturated/α-hetero) is 1. The Hall–Kier alpha value is -2.96. The lowest BCUT2D eigenvalue weighted by Crippen LogP contribution is -2.40. The van der Waals surface area contributed by atoms with Crippen LogP contribution >= 0.6 is 0 Å². The minimum Gasteiger partial charge on any atom is -0.497 e. The van der Waals surface area contributed by atoms with Crippen molar-refractivity contribution < 1.29 is 28.7 Å². The Morgan fingerprint density at radius 3 is 2.14 bits per heavy atom. The Kier molecular flexibility index (Phi) is 4.08. The van der Waals surface area contributed by atoms with E-state index in [1.807, 2.05) is 0 Å². The Morgan fingerprint density at radius 1 is 1.00 bits per heavy atom. The summed E-state index contributed by atoms with van der Waals surface area (Å²) in [6.07, 6.45) is 5.26. The van der Waals surface area contributed by atoms with E-state index >= 15 is 0 Å². The number of hydrogen-bond donors (Lipinski definition) is 0. The van der Waals surface area contributed by atoms with Crippen molar-refractivity contribution in [2.75, 3.05) is 20.3 Å². The number of ketones is 1. The molecule has 0 spiro atoms. The molecule has 2 amide bonds. The monoisotopic (exact) mass is 395 g/mol. The molecular weight excluding hydrogens is 374 g/mol. The Morgan fingerprint density at radius 2 is 1.59 bits per heavy atom. The highest BCUT2D eigenvalue weighted by molar-refractivity contribution is 6.08. The summed E-state index contributed by atoms with van der Waals surface area (Å²) in [7, 11) is 1.53. The first-order valence-corrected chi connectivity index (χ1v) is 9.86. The summed E-state index contributed by atoms with van der Waals surface area (Å²) >= 11 is 0. The van der Waals surface area contributed by atoms with E-state index in [2.05, 4.69) is 12.2 Å². The van der Waals surface area contributed by atoms with Crippen molar-refractivity contribution in [3.63, 3.8) is 0 Å². The third-order valence-corrected chi connectivity index (χ3v) is 6.82. The van der Waals surface area contributed by atoms with Crippen molar-refractivity contribution in [1.29, 1.82) is 0 Å². The van der Waals surface area contributed by atoms with Crippen LogP contribution in [0.2, 0.25) is 0 Å². The Labute approximate surface area is 167 Å². The quantitative estimate of drug-likeness (QED) is 0.314. The van der Waals surface area contributed by atoms with Gasteiger partial charge in [0.1, 0.15) is 12.3 Å². The van der Waals surface area contributed by atoms with Crippen LogP contribution in [0.3, 0.4) is 0 Å². The number of likely N-dealkylation sites (tertiary alicyclic amines) is 1. The van der Waals surface area contributed by atoms with E-state index in [0.29, 0.717) is 23.1 Å². The largest absolute Gasteiger partial charge is 0.497 e. The minimum absolute atomic E-state index is 0.115. The van der Waals surface area contributed by atoms with Gasteiger partial charge < -0.3 is 9.47 Å². The number of hydrogen-bond acceptors (Lipinski definition) is 6. The van der Waals surface area contributed by atoms with Gasteiger partial charge in [-0.05, 0) is 54.4 Å². The van der Waals surface area contributed by atoms with Crippen molar-refractivity contribution in [1.82, 2.24) is 4.90 Å². The van der Waals surface area contributed by atoms with E-state index in [1.165, 1.54) is 7.11 Å². The Balaban J connectivity index is 1.20. The highest BCUT2D eigenvalue weighted by Crippen LogP contribution is 2.65. The molecule has 6 atom stereocenters. The van der Waals surface area contributed by atoms with Crippen LogP contribution in [0.15, 0.2) is 36.4 Å². The minimum atomic E-state index is -0.752. The molecule has 1 aromatic carbocycles. The fourth-order valence-electron chi connectivity index (χ4n) is 5.36. The number of ether oxygens (including phenoxy) is 2. The van der Waals surface area contributed by atoms with E-state index in [9.17, 15) is 19.2 Å². The van der Waals surface area contributed by atoms with E-state index in [1.54, 1.807) is 24.3 Å². The molecule has 2 bridgehead atoms. The molecule has 0 unspecified atom stereocenters. The maximum absolute atomic E-state index is 12.8. The lowest BCUT2D eigenvalue weighted by molar-refractivity contribution is -0.152. The molecule has 7 nitrogen and oxygen atoms in total. The number of esters is 1. The summed E-state index contributed by atoms with van der Waals surface area (Å²) in [5.41, 5.74) is 0.389. The molecule has 2 saturated carbocycles. The summed E-state index contributed by atoms with van der Waals surface area (Å²) in [4.78, 5) is 51.1. The van der Waals surface area contributed by atoms with Crippen LogP contribution in [-0.4, -0.2) is 48.7 Å². The third-order valence-electron chi connectivity index (χ3n) is 6.82. The molecule has 0 aromatic heterocycles. The lowest BCUT2D eigenvalue weighted by atomic mass is 9.63. The van der Waals surface area contributed by atoms with Gasteiger partial charge in [0.15, 0.2) is 12.4 Å². The third kappa shape index (κ3) is 2.79. The molecule has 5 aliphatic rings. The highest BCUT2D eigenvalue weighted by Gasteiger charge is 2.67. The molecule has 1 heterocycles. The first-order valence-electron chi connectivity index (χ1n) is 9.86. The molecular formula is C22H21NO6. The Bertz CT molecular complexity index is 899. The molecule has 150 valence electrons. The predicted molar refractivity (Wildman–Crippen MR) is 99.7 cm³/mol. The average Bonchev–Trinajstić information content (AvgIpc) is 3.53. The average molecular weight is 395 g/mol. The maximum Gasteiger partial charge on any atom is 0.326 e. The molecule has 0 N–H and O–H groups in total. The van der Waals surface area contributed by atoms with Crippen LogP contribution in [0.5, 0.6) is 5.75 Å². The van der Waals surface area contributed by atoms with Gasteiger partial charge in [0.2, 0.25) is 11.8 Å². The zero-order chi connectivity index (χ0) is 20.3. The van der Waals surface area contributed by atoms with Gasteiger partial charge in [0, 0.05) is 5.56 Å². The molecule has 1 saturated heterocycles. The summed E-state index contributed by atoms with van der Waals surface area (Å²) in [6, 6.07) is 6.46. The zero-order valence-corrected chi connectivity index (χ0v) is 15.9. The van der Waals surface area contributed by atoms with Gasteiger partial charge in [-0.15, -0.1) is 0 Å². The van der Waals surface area contributed by atoms with Crippen molar-refractivity contribution in [2.45, 2.75) is 6.42 Å². The second kappa shape index (κ2) is 6.54. The molecule has 4 aliphatic carbocycles. The first-order chi connectivity index (χ1) is 14.0. The number of nitrogens with zero attached hydrogens (tertiary/aromatic N) is 1. The van der Waals surface area contributed by atoms with Crippen LogP contribution in [0, 0.1) is 35.5 Å². The van der Waals surface area contributed by atoms with Gasteiger partial charge in [-0.1, -0.05) is 12.2 Å². The smallest absolute Gasteiger partial charge is 0.326 e. The van der Waals surface area contributed by atoms with Crippen LogP contribution in [0.25, 0.3) is 0 Å².